The molecule has 2 rings (SSSR count). The second-order valence-corrected chi connectivity index (χ2v) is 5.06. The van der Waals surface area contributed by atoms with Crippen LogP contribution in [-0.4, -0.2) is 6.54 Å². The zero-order valence-corrected chi connectivity index (χ0v) is 11.2. The first-order valence-electron chi connectivity index (χ1n) is 6.05. The SMILES string of the molecule is C=CC[NH2+]Cc1ccc(OCc2cccs2)cc1. The van der Waals surface area contributed by atoms with E-state index in [1.165, 1.54) is 10.4 Å². The summed E-state index contributed by atoms with van der Waals surface area (Å²) >= 11 is 1.72. The Morgan fingerprint density at radius 2 is 2.06 bits per heavy atom. The van der Waals surface area contributed by atoms with Gasteiger partial charge >= 0.3 is 0 Å². The molecule has 0 aliphatic carbocycles. The smallest absolute Gasteiger partial charge is 0.122 e. The number of benzene rings is 1. The lowest BCUT2D eigenvalue weighted by molar-refractivity contribution is -0.662. The van der Waals surface area contributed by atoms with E-state index in [1.807, 2.05) is 24.3 Å². The van der Waals surface area contributed by atoms with Crippen LogP contribution in [0.4, 0.5) is 0 Å². The lowest BCUT2D eigenvalue weighted by Crippen LogP contribution is -2.82. The van der Waals surface area contributed by atoms with Crippen LogP contribution >= 0.6 is 11.3 Å². The van der Waals surface area contributed by atoms with Gasteiger partial charge in [-0.05, 0) is 41.8 Å². The minimum Gasteiger partial charge on any atom is -0.488 e. The maximum absolute atomic E-state index is 5.72. The molecule has 2 aromatic rings. The van der Waals surface area contributed by atoms with Gasteiger partial charge in [-0.25, -0.2) is 0 Å². The number of nitrogens with two attached hydrogens (primary N) is 1. The molecule has 3 heteroatoms. The van der Waals surface area contributed by atoms with Gasteiger partial charge in [0.25, 0.3) is 0 Å². The zero-order chi connectivity index (χ0) is 12.6. The molecule has 2 N–H and O–H groups in total. The van der Waals surface area contributed by atoms with E-state index in [2.05, 4.69) is 35.5 Å². The molecule has 0 atom stereocenters. The van der Waals surface area contributed by atoms with Crippen LogP contribution in [0, 0.1) is 0 Å². The normalized spacial score (nSPS) is 10.2. The summed E-state index contributed by atoms with van der Waals surface area (Å²) in [6.07, 6.45) is 1.92. The summed E-state index contributed by atoms with van der Waals surface area (Å²) in [7, 11) is 0. The van der Waals surface area contributed by atoms with Gasteiger partial charge in [0.05, 0.1) is 6.54 Å². The topological polar surface area (TPSA) is 25.8 Å². The summed E-state index contributed by atoms with van der Waals surface area (Å²) in [5, 5.41) is 4.28. The molecule has 0 aliphatic heterocycles. The fraction of sp³-hybridized carbons (Fsp3) is 0.200. The van der Waals surface area contributed by atoms with Crippen molar-refractivity contribution in [2.75, 3.05) is 6.54 Å². The Morgan fingerprint density at radius 1 is 1.22 bits per heavy atom. The average molecular weight is 260 g/mol. The van der Waals surface area contributed by atoms with Crippen molar-refractivity contribution in [2.24, 2.45) is 0 Å². The first kappa shape index (κ1) is 12.9. The van der Waals surface area contributed by atoms with Crippen LogP contribution in [0.15, 0.2) is 54.4 Å². The van der Waals surface area contributed by atoms with Crippen LogP contribution in [-0.2, 0) is 13.2 Å². The maximum Gasteiger partial charge on any atom is 0.122 e. The van der Waals surface area contributed by atoms with E-state index in [0.29, 0.717) is 6.61 Å². The van der Waals surface area contributed by atoms with E-state index in [0.717, 1.165) is 18.8 Å². The van der Waals surface area contributed by atoms with Crippen molar-refractivity contribution < 1.29 is 10.1 Å². The van der Waals surface area contributed by atoms with Crippen molar-refractivity contribution >= 4 is 11.3 Å². The van der Waals surface area contributed by atoms with Gasteiger partial charge in [-0.15, -0.1) is 11.3 Å². The highest BCUT2D eigenvalue weighted by Crippen LogP contribution is 2.16. The van der Waals surface area contributed by atoms with Gasteiger partial charge in [-0.2, -0.15) is 0 Å². The van der Waals surface area contributed by atoms with Crippen LogP contribution < -0.4 is 10.1 Å². The average Bonchev–Trinajstić information content (AvgIpc) is 2.91. The van der Waals surface area contributed by atoms with Gasteiger partial charge in [0, 0.05) is 10.4 Å². The Hall–Kier alpha value is -1.58. The van der Waals surface area contributed by atoms with Gasteiger partial charge in [-0.3, -0.25) is 0 Å². The largest absolute Gasteiger partial charge is 0.488 e. The third kappa shape index (κ3) is 4.02. The summed E-state index contributed by atoms with van der Waals surface area (Å²) in [4.78, 5) is 1.25. The number of ether oxygens (including phenoxy) is 1. The molecule has 18 heavy (non-hydrogen) atoms. The lowest BCUT2D eigenvalue weighted by atomic mass is 10.2. The van der Waals surface area contributed by atoms with E-state index in [-0.39, 0.29) is 0 Å². The van der Waals surface area contributed by atoms with Gasteiger partial charge in [0.15, 0.2) is 0 Å². The summed E-state index contributed by atoms with van der Waals surface area (Å²) in [5.74, 6) is 0.927. The predicted octanol–water partition coefficient (Wildman–Crippen LogP) is 2.58. The number of quaternary nitrogens is 1. The minimum atomic E-state index is 0.652. The standard InChI is InChI=1S/C15H17NOS/c1-2-9-16-11-13-5-7-14(8-6-13)17-12-15-4-3-10-18-15/h2-8,10,16H,1,9,11-12H2/p+1. The first-order chi connectivity index (χ1) is 8.88. The number of rotatable bonds is 7. The van der Waals surface area contributed by atoms with Crippen molar-refractivity contribution in [1.82, 2.24) is 0 Å². The molecular weight excluding hydrogens is 242 g/mol. The minimum absolute atomic E-state index is 0.652. The maximum atomic E-state index is 5.72. The van der Waals surface area contributed by atoms with Crippen LogP contribution in [0.3, 0.4) is 0 Å². The van der Waals surface area contributed by atoms with Crippen molar-refractivity contribution in [3.63, 3.8) is 0 Å². The Kier molecular flexibility index (Phi) is 5.00. The van der Waals surface area contributed by atoms with Gasteiger partial charge < -0.3 is 10.1 Å². The van der Waals surface area contributed by atoms with Crippen LogP contribution in [0.2, 0.25) is 0 Å². The molecule has 0 bridgehead atoms. The molecule has 0 fully saturated rings. The van der Waals surface area contributed by atoms with E-state index in [1.54, 1.807) is 11.3 Å². The van der Waals surface area contributed by atoms with Crippen LogP contribution in [0.5, 0.6) is 5.75 Å². The number of hydrogen-bond acceptors (Lipinski definition) is 2. The van der Waals surface area contributed by atoms with Crippen molar-refractivity contribution in [3.8, 4) is 5.75 Å². The molecule has 0 unspecified atom stereocenters. The molecule has 1 aromatic heterocycles. The second kappa shape index (κ2) is 6.99. The third-order valence-electron chi connectivity index (χ3n) is 2.60. The fourth-order valence-corrected chi connectivity index (χ4v) is 2.25. The Bertz CT molecular complexity index is 462. The first-order valence-corrected chi connectivity index (χ1v) is 6.93. The zero-order valence-electron chi connectivity index (χ0n) is 10.3. The second-order valence-electron chi connectivity index (χ2n) is 4.03. The van der Waals surface area contributed by atoms with E-state index in [9.17, 15) is 0 Å². The highest BCUT2D eigenvalue weighted by Gasteiger charge is 1.98. The van der Waals surface area contributed by atoms with E-state index >= 15 is 0 Å². The summed E-state index contributed by atoms with van der Waals surface area (Å²) in [5.41, 5.74) is 1.31. The number of thiophene rings is 1. The van der Waals surface area contributed by atoms with Gasteiger partial charge in [-0.1, -0.05) is 12.6 Å². The molecule has 0 saturated carbocycles. The molecular formula is C15H18NOS+. The van der Waals surface area contributed by atoms with Gasteiger partial charge in [0.1, 0.15) is 18.9 Å². The van der Waals surface area contributed by atoms with Crippen molar-refractivity contribution in [1.29, 1.82) is 0 Å². The quantitative estimate of drug-likeness (QED) is 0.601. The Balaban J connectivity index is 1.81. The highest BCUT2D eigenvalue weighted by molar-refractivity contribution is 7.09. The van der Waals surface area contributed by atoms with Crippen LogP contribution in [0.25, 0.3) is 0 Å². The lowest BCUT2D eigenvalue weighted by Gasteiger charge is -2.05. The third-order valence-corrected chi connectivity index (χ3v) is 3.45. The predicted molar refractivity (Wildman–Crippen MR) is 75.8 cm³/mol. The fourth-order valence-electron chi connectivity index (χ4n) is 1.64. The highest BCUT2D eigenvalue weighted by atomic mass is 32.1. The molecule has 1 aromatic carbocycles. The monoisotopic (exact) mass is 260 g/mol. The molecule has 0 spiro atoms. The molecule has 94 valence electrons. The number of hydrogen-bond donors (Lipinski definition) is 1. The molecule has 0 amide bonds. The van der Waals surface area contributed by atoms with E-state index in [4.69, 9.17) is 4.74 Å². The molecule has 0 radical (unpaired) electrons. The summed E-state index contributed by atoms with van der Waals surface area (Å²) in [6.45, 7) is 6.30. The Morgan fingerprint density at radius 3 is 2.72 bits per heavy atom. The molecule has 0 aliphatic rings. The van der Waals surface area contributed by atoms with E-state index < -0.39 is 0 Å². The van der Waals surface area contributed by atoms with Crippen molar-refractivity contribution in [2.45, 2.75) is 13.2 Å². The van der Waals surface area contributed by atoms with Crippen LogP contribution in [0.1, 0.15) is 10.4 Å². The molecule has 1 heterocycles. The Labute approximate surface area is 112 Å². The molecule has 2 nitrogen and oxygen atoms in total. The molecule has 0 saturated heterocycles. The summed E-state index contributed by atoms with van der Waals surface area (Å²) in [6, 6.07) is 12.4. The van der Waals surface area contributed by atoms with Gasteiger partial charge in [0.2, 0.25) is 0 Å². The van der Waals surface area contributed by atoms with Crippen molar-refractivity contribution in [3.05, 3.63) is 64.9 Å². The summed E-state index contributed by atoms with van der Waals surface area (Å²) < 4.78 is 5.72.